The van der Waals surface area contributed by atoms with Crippen LogP contribution in [0, 0.1) is 5.92 Å². The molecule has 16 heavy (non-hydrogen) atoms. The van der Waals surface area contributed by atoms with Crippen molar-refractivity contribution in [2.45, 2.75) is 58.5 Å². The van der Waals surface area contributed by atoms with E-state index in [0.717, 1.165) is 11.6 Å². The van der Waals surface area contributed by atoms with Crippen LogP contribution in [0.4, 0.5) is 0 Å². The van der Waals surface area contributed by atoms with E-state index in [-0.39, 0.29) is 0 Å². The van der Waals surface area contributed by atoms with Gasteiger partial charge in [-0.2, -0.15) is 0 Å². The average Bonchev–Trinajstić information content (AvgIpc) is 2.57. The molecule has 0 bridgehead atoms. The maximum Gasteiger partial charge on any atom is 0.0997 e. The molecule has 4 nitrogen and oxygen atoms in total. The van der Waals surface area contributed by atoms with Crippen molar-refractivity contribution in [3.63, 3.8) is 0 Å². The lowest BCUT2D eigenvalue weighted by molar-refractivity contribution is 0.204. The SMILES string of the molecule is CC(C)c1c(CN)nnn1C(C)C1CCC1. The summed E-state index contributed by atoms with van der Waals surface area (Å²) in [7, 11) is 0. The minimum Gasteiger partial charge on any atom is -0.325 e. The summed E-state index contributed by atoms with van der Waals surface area (Å²) in [5, 5.41) is 8.50. The topological polar surface area (TPSA) is 56.7 Å². The highest BCUT2D eigenvalue weighted by molar-refractivity contribution is 5.15. The maximum atomic E-state index is 5.71. The Morgan fingerprint density at radius 1 is 1.38 bits per heavy atom. The van der Waals surface area contributed by atoms with Crippen LogP contribution >= 0.6 is 0 Å². The monoisotopic (exact) mass is 222 g/mol. The van der Waals surface area contributed by atoms with Gasteiger partial charge in [-0.1, -0.05) is 25.5 Å². The Bertz CT molecular complexity index is 352. The van der Waals surface area contributed by atoms with Crippen LogP contribution in [-0.4, -0.2) is 15.0 Å². The number of rotatable bonds is 4. The first-order valence-corrected chi connectivity index (χ1v) is 6.29. The van der Waals surface area contributed by atoms with Gasteiger partial charge in [0.25, 0.3) is 0 Å². The lowest BCUT2D eigenvalue weighted by Gasteiger charge is -2.32. The zero-order valence-corrected chi connectivity index (χ0v) is 10.5. The fourth-order valence-corrected chi connectivity index (χ4v) is 2.50. The van der Waals surface area contributed by atoms with E-state index in [4.69, 9.17) is 5.73 Å². The van der Waals surface area contributed by atoms with Crippen LogP contribution in [-0.2, 0) is 6.54 Å². The lowest BCUT2D eigenvalue weighted by atomic mass is 9.80. The van der Waals surface area contributed by atoms with Crippen LogP contribution in [0.3, 0.4) is 0 Å². The number of nitrogens with two attached hydrogens (primary N) is 1. The summed E-state index contributed by atoms with van der Waals surface area (Å²) in [5.41, 5.74) is 7.89. The van der Waals surface area contributed by atoms with E-state index in [0.29, 0.717) is 18.5 Å². The third kappa shape index (κ3) is 1.86. The number of nitrogens with zero attached hydrogens (tertiary/aromatic N) is 3. The molecular weight excluding hydrogens is 200 g/mol. The van der Waals surface area contributed by atoms with E-state index in [2.05, 4.69) is 35.8 Å². The van der Waals surface area contributed by atoms with Crippen LogP contribution in [0.1, 0.15) is 63.4 Å². The molecule has 0 aliphatic heterocycles. The third-order valence-corrected chi connectivity index (χ3v) is 3.76. The predicted octanol–water partition coefficient (Wildman–Crippen LogP) is 2.22. The van der Waals surface area contributed by atoms with Gasteiger partial charge in [-0.3, -0.25) is 0 Å². The van der Waals surface area contributed by atoms with Crippen molar-refractivity contribution in [3.05, 3.63) is 11.4 Å². The van der Waals surface area contributed by atoms with E-state index < -0.39 is 0 Å². The zero-order valence-electron chi connectivity index (χ0n) is 10.5. The average molecular weight is 222 g/mol. The molecule has 1 fully saturated rings. The van der Waals surface area contributed by atoms with Crippen LogP contribution in [0.5, 0.6) is 0 Å². The molecule has 0 saturated heterocycles. The van der Waals surface area contributed by atoms with E-state index >= 15 is 0 Å². The Labute approximate surface area is 97.2 Å². The van der Waals surface area contributed by atoms with Crippen molar-refractivity contribution in [2.75, 3.05) is 0 Å². The molecule has 90 valence electrons. The van der Waals surface area contributed by atoms with Gasteiger partial charge in [-0.05, 0) is 31.6 Å². The Kier molecular flexibility index (Phi) is 3.28. The van der Waals surface area contributed by atoms with E-state index in [1.807, 2.05) is 0 Å². The molecule has 0 amide bonds. The Morgan fingerprint density at radius 3 is 2.50 bits per heavy atom. The molecule has 1 atom stereocenters. The van der Waals surface area contributed by atoms with Gasteiger partial charge < -0.3 is 5.73 Å². The van der Waals surface area contributed by atoms with E-state index in [1.54, 1.807) is 0 Å². The van der Waals surface area contributed by atoms with Gasteiger partial charge in [-0.25, -0.2) is 4.68 Å². The molecule has 1 saturated carbocycles. The molecule has 2 rings (SSSR count). The summed E-state index contributed by atoms with van der Waals surface area (Å²) in [6.45, 7) is 7.11. The summed E-state index contributed by atoms with van der Waals surface area (Å²) in [4.78, 5) is 0. The highest BCUT2D eigenvalue weighted by Gasteiger charge is 2.28. The highest BCUT2D eigenvalue weighted by atomic mass is 15.4. The van der Waals surface area contributed by atoms with E-state index in [9.17, 15) is 0 Å². The predicted molar refractivity (Wildman–Crippen MR) is 64.1 cm³/mol. The summed E-state index contributed by atoms with van der Waals surface area (Å²) < 4.78 is 2.11. The Hall–Kier alpha value is -0.900. The molecule has 1 unspecified atom stereocenters. The van der Waals surface area contributed by atoms with Gasteiger partial charge >= 0.3 is 0 Å². The van der Waals surface area contributed by atoms with Crippen LogP contribution in [0.25, 0.3) is 0 Å². The van der Waals surface area contributed by atoms with Gasteiger partial charge in [0, 0.05) is 6.54 Å². The Balaban J connectivity index is 2.28. The fraction of sp³-hybridized carbons (Fsp3) is 0.833. The van der Waals surface area contributed by atoms with Crippen molar-refractivity contribution in [1.82, 2.24) is 15.0 Å². The van der Waals surface area contributed by atoms with Crippen molar-refractivity contribution < 1.29 is 0 Å². The highest BCUT2D eigenvalue weighted by Crippen LogP contribution is 2.37. The second-order valence-corrected chi connectivity index (χ2v) is 5.16. The molecule has 1 aromatic rings. The summed E-state index contributed by atoms with van der Waals surface area (Å²) in [5.74, 6) is 1.22. The van der Waals surface area contributed by atoms with Crippen molar-refractivity contribution in [2.24, 2.45) is 11.7 Å². The molecule has 1 aliphatic carbocycles. The number of hydrogen-bond acceptors (Lipinski definition) is 3. The quantitative estimate of drug-likeness (QED) is 0.849. The van der Waals surface area contributed by atoms with Gasteiger partial charge in [-0.15, -0.1) is 5.10 Å². The normalized spacial score (nSPS) is 18.8. The van der Waals surface area contributed by atoms with Crippen LogP contribution < -0.4 is 5.73 Å². The first-order chi connectivity index (χ1) is 7.65. The number of aromatic nitrogens is 3. The van der Waals surface area contributed by atoms with Crippen LogP contribution in [0.2, 0.25) is 0 Å². The van der Waals surface area contributed by atoms with Crippen LogP contribution in [0.15, 0.2) is 0 Å². The molecule has 1 aromatic heterocycles. The molecule has 1 aliphatic rings. The Morgan fingerprint density at radius 2 is 2.06 bits per heavy atom. The molecule has 4 heteroatoms. The summed E-state index contributed by atoms with van der Waals surface area (Å²) in [6.07, 6.45) is 4.03. The summed E-state index contributed by atoms with van der Waals surface area (Å²) in [6, 6.07) is 0.471. The molecule has 0 aromatic carbocycles. The fourth-order valence-electron chi connectivity index (χ4n) is 2.50. The van der Waals surface area contributed by atoms with Gasteiger partial charge in [0.2, 0.25) is 0 Å². The first kappa shape index (κ1) is 11.6. The standard InChI is InChI=1S/C12H22N4/c1-8(2)12-11(7-13)14-15-16(12)9(3)10-5-4-6-10/h8-10H,4-7,13H2,1-3H3. The largest absolute Gasteiger partial charge is 0.325 e. The smallest absolute Gasteiger partial charge is 0.0997 e. The number of hydrogen-bond donors (Lipinski definition) is 1. The van der Waals surface area contributed by atoms with Gasteiger partial charge in [0.1, 0.15) is 0 Å². The van der Waals surface area contributed by atoms with Gasteiger partial charge in [0.15, 0.2) is 0 Å². The minimum absolute atomic E-state index is 0.441. The summed E-state index contributed by atoms with van der Waals surface area (Å²) >= 11 is 0. The zero-order chi connectivity index (χ0) is 11.7. The van der Waals surface area contributed by atoms with E-state index in [1.165, 1.54) is 25.0 Å². The maximum absolute atomic E-state index is 5.71. The second kappa shape index (κ2) is 4.53. The first-order valence-electron chi connectivity index (χ1n) is 6.29. The van der Waals surface area contributed by atoms with Crippen molar-refractivity contribution in [1.29, 1.82) is 0 Å². The van der Waals surface area contributed by atoms with Crippen molar-refractivity contribution >= 4 is 0 Å². The second-order valence-electron chi connectivity index (χ2n) is 5.16. The molecular formula is C12H22N4. The van der Waals surface area contributed by atoms with Crippen molar-refractivity contribution in [3.8, 4) is 0 Å². The minimum atomic E-state index is 0.441. The molecule has 0 radical (unpaired) electrons. The molecule has 2 N–H and O–H groups in total. The lowest BCUT2D eigenvalue weighted by Crippen LogP contribution is -2.25. The van der Waals surface area contributed by atoms with Gasteiger partial charge in [0.05, 0.1) is 17.4 Å². The third-order valence-electron chi connectivity index (χ3n) is 3.76. The molecule has 0 spiro atoms. The molecule has 1 heterocycles.